The van der Waals surface area contributed by atoms with Gasteiger partial charge in [-0.05, 0) is 36.4 Å². The molecule has 0 radical (unpaired) electrons. The number of carbonyl (C=O) groups excluding carboxylic acids is 1. The van der Waals surface area contributed by atoms with Crippen LogP contribution in [-0.4, -0.2) is 47.7 Å². The number of nitrogens with one attached hydrogen (secondary N) is 2. The summed E-state index contributed by atoms with van der Waals surface area (Å²) >= 11 is 0. The largest absolute Gasteiger partial charge is 0.482 e. The minimum Gasteiger partial charge on any atom is -0.482 e. The van der Waals surface area contributed by atoms with Crippen molar-refractivity contribution in [2.45, 2.75) is 18.4 Å². The number of amides is 1. The number of rotatable bonds is 5. The third kappa shape index (κ3) is 3.79. The molecule has 0 atom stereocenters. The topological polar surface area (TPSA) is 87.5 Å². The van der Waals surface area contributed by atoms with Crippen molar-refractivity contribution < 1.29 is 14.3 Å². The van der Waals surface area contributed by atoms with Gasteiger partial charge in [0.25, 0.3) is 5.91 Å². The number of carbonyl (C=O) groups is 1. The van der Waals surface area contributed by atoms with Gasteiger partial charge in [-0.15, -0.1) is 0 Å². The van der Waals surface area contributed by atoms with Crippen LogP contribution in [0.2, 0.25) is 0 Å². The van der Waals surface area contributed by atoms with Crippen molar-refractivity contribution in [2.75, 3.05) is 20.1 Å². The molecule has 1 saturated heterocycles. The van der Waals surface area contributed by atoms with Gasteiger partial charge in [0, 0.05) is 56.5 Å². The molecule has 0 bridgehead atoms. The zero-order valence-corrected chi connectivity index (χ0v) is 19.0. The number of fused-ring (bicyclic) bond motifs is 1. The summed E-state index contributed by atoms with van der Waals surface area (Å²) in [6.45, 7) is 0.990. The minimum absolute atomic E-state index is 0.126. The Morgan fingerprint density at radius 2 is 1.82 bits per heavy atom. The quantitative estimate of drug-likeness (QED) is 0.554. The van der Waals surface area contributed by atoms with Gasteiger partial charge in [-0.3, -0.25) is 4.79 Å². The van der Waals surface area contributed by atoms with Gasteiger partial charge in [-0.2, -0.15) is 0 Å². The second-order valence-corrected chi connectivity index (χ2v) is 8.34. The van der Waals surface area contributed by atoms with Gasteiger partial charge in [0.2, 0.25) is 5.88 Å². The predicted molar refractivity (Wildman–Crippen MR) is 130 cm³/mol. The van der Waals surface area contributed by atoms with Gasteiger partial charge in [0.1, 0.15) is 22.7 Å². The monoisotopic (exact) mass is 454 g/mol. The molecule has 3 heterocycles. The van der Waals surface area contributed by atoms with Crippen LogP contribution in [0.25, 0.3) is 5.70 Å². The van der Waals surface area contributed by atoms with E-state index >= 15 is 0 Å². The standard InChI is InChI=1S/C27H26N4O3/c1-29-24-20-10-5-6-12-23(20)34-27(22(24)18-28)13-16-31(17-14-27)26(32)21-11-7-15-30-25(21)33-19-8-3-2-4-9-19/h2-12,15,18,28-29H,13-14,16-17H2,1H3. The molecule has 1 spiro atoms. The van der Waals surface area contributed by atoms with E-state index in [-0.39, 0.29) is 5.91 Å². The Labute approximate surface area is 198 Å². The molecule has 0 unspecified atom stereocenters. The molecule has 2 aromatic carbocycles. The first kappa shape index (κ1) is 21.7. The lowest BCUT2D eigenvalue weighted by molar-refractivity contribution is 0.0290. The fourth-order valence-corrected chi connectivity index (χ4v) is 4.72. The number of hydrogen-bond acceptors (Lipinski definition) is 6. The summed E-state index contributed by atoms with van der Waals surface area (Å²) in [4.78, 5) is 19.6. The maximum atomic E-state index is 13.4. The summed E-state index contributed by atoms with van der Waals surface area (Å²) in [5.41, 5.74) is 2.45. The minimum atomic E-state index is -0.649. The van der Waals surface area contributed by atoms with E-state index in [0.717, 1.165) is 22.6 Å². The Morgan fingerprint density at radius 3 is 2.56 bits per heavy atom. The van der Waals surface area contributed by atoms with E-state index in [1.807, 2.05) is 66.5 Å². The van der Waals surface area contributed by atoms with Crippen LogP contribution in [0.3, 0.4) is 0 Å². The van der Waals surface area contributed by atoms with E-state index in [9.17, 15) is 4.79 Å². The number of benzene rings is 2. The van der Waals surface area contributed by atoms with Crippen LogP contribution in [-0.2, 0) is 0 Å². The van der Waals surface area contributed by atoms with Gasteiger partial charge in [0.15, 0.2) is 0 Å². The molecule has 3 aromatic rings. The highest BCUT2D eigenvalue weighted by molar-refractivity contribution is 5.97. The highest BCUT2D eigenvalue weighted by Crippen LogP contribution is 2.44. The molecule has 5 rings (SSSR count). The molecule has 1 aromatic heterocycles. The number of ether oxygens (including phenoxy) is 2. The summed E-state index contributed by atoms with van der Waals surface area (Å²) in [6.07, 6.45) is 4.16. The number of para-hydroxylation sites is 2. The lowest BCUT2D eigenvalue weighted by atomic mass is 9.80. The molecule has 1 amide bonds. The molecular formula is C27H26N4O3. The molecule has 0 aliphatic carbocycles. The van der Waals surface area contributed by atoms with E-state index in [1.54, 1.807) is 18.3 Å². The summed E-state index contributed by atoms with van der Waals surface area (Å²) in [6, 6.07) is 20.7. The number of likely N-dealkylation sites (tertiary alicyclic amines) is 1. The fourth-order valence-electron chi connectivity index (χ4n) is 4.72. The van der Waals surface area contributed by atoms with Crippen molar-refractivity contribution in [3.05, 3.63) is 89.6 Å². The molecule has 2 aliphatic heterocycles. The smallest absolute Gasteiger partial charge is 0.259 e. The summed E-state index contributed by atoms with van der Waals surface area (Å²) in [5.74, 6) is 1.59. The van der Waals surface area contributed by atoms with E-state index in [4.69, 9.17) is 14.9 Å². The van der Waals surface area contributed by atoms with E-state index < -0.39 is 5.60 Å². The van der Waals surface area contributed by atoms with Crippen molar-refractivity contribution in [3.63, 3.8) is 0 Å². The van der Waals surface area contributed by atoms with Crippen molar-refractivity contribution in [1.82, 2.24) is 15.2 Å². The van der Waals surface area contributed by atoms with Crippen molar-refractivity contribution in [2.24, 2.45) is 0 Å². The Hall–Kier alpha value is -4.13. The summed E-state index contributed by atoms with van der Waals surface area (Å²) < 4.78 is 12.4. The molecule has 2 aliphatic rings. The van der Waals surface area contributed by atoms with Crippen LogP contribution in [0.15, 0.2) is 78.5 Å². The predicted octanol–water partition coefficient (Wildman–Crippen LogP) is 4.52. The molecule has 172 valence electrons. The van der Waals surface area contributed by atoms with Gasteiger partial charge < -0.3 is 25.1 Å². The van der Waals surface area contributed by atoms with Gasteiger partial charge >= 0.3 is 0 Å². The van der Waals surface area contributed by atoms with Crippen molar-refractivity contribution in [1.29, 1.82) is 5.41 Å². The maximum Gasteiger partial charge on any atom is 0.259 e. The highest BCUT2D eigenvalue weighted by atomic mass is 16.5. The van der Waals surface area contributed by atoms with Crippen molar-refractivity contribution >= 4 is 17.8 Å². The fraction of sp³-hybridized carbons (Fsp3) is 0.222. The van der Waals surface area contributed by atoms with Crippen LogP contribution in [0.4, 0.5) is 0 Å². The third-order valence-electron chi connectivity index (χ3n) is 6.43. The highest BCUT2D eigenvalue weighted by Gasteiger charge is 2.45. The van der Waals surface area contributed by atoms with Crippen LogP contribution in [0.1, 0.15) is 28.8 Å². The second-order valence-electron chi connectivity index (χ2n) is 8.34. The van der Waals surface area contributed by atoms with Gasteiger partial charge in [0.05, 0.1) is 5.70 Å². The van der Waals surface area contributed by atoms with E-state index in [0.29, 0.717) is 43.1 Å². The first-order chi connectivity index (χ1) is 16.6. The maximum absolute atomic E-state index is 13.4. The summed E-state index contributed by atoms with van der Waals surface area (Å²) in [7, 11) is 1.87. The molecular weight excluding hydrogens is 428 g/mol. The molecule has 1 fully saturated rings. The zero-order chi connectivity index (χ0) is 23.5. The Morgan fingerprint density at radius 1 is 1.09 bits per heavy atom. The van der Waals surface area contributed by atoms with Gasteiger partial charge in [-0.1, -0.05) is 30.3 Å². The molecule has 2 N–H and O–H groups in total. The van der Waals surface area contributed by atoms with Gasteiger partial charge in [-0.25, -0.2) is 4.98 Å². The van der Waals surface area contributed by atoms with Crippen molar-refractivity contribution in [3.8, 4) is 17.4 Å². The Balaban J connectivity index is 1.38. The SMILES string of the molecule is CNC1=C(C=N)C2(CCN(C(=O)c3cccnc3Oc3ccccc3)CC2)Oc2ccccc21. The number of nitrogens with zero attached hydrogens (tertiary/aromatic N) is 2. The Bertz CT molecular complexity index is 1250. The third-order valence-corrected chi connectivity index (χ3v) is 6.43. The number of hydrogen-bond donors (Lipinski definition) is 2. The summed E-state index contributed by atoms with van der Waals surface area (Å²) in [5, 5.41) is 11.4. The lowest BCUT2D eigenvalue weighted by Gasteiger charge is -2.45. The molecule has 7 heteroatoms. The van der Waals surface area contributed by atoms with Crippen LogP contribution >= 0.6 is 0 Å². The first-order valence-corrected chi connectivity index (χ1v) is 11.3. The average molecular weight is 455 g/mol. The van der Waals surface area contributed by atoms with Crippen LogP contribution in [0, 0.1) is 5.41 Å². The van der Waals surface area contributed by atoms with Crippen LogP contribution < -0.4 is 14.8 Å². The van der Waals surface area contributed by atoms with Crippen LogP contribution in [0.5, 0.6) is 17.4 Å². The Kier molecular flexibility index (Phi) is 5.76. The molecule has 7 nitrogen and oxygen atoms in total. The van der Waals surface area contributed by atoms with E-state index in [2.05, 4.69) is 10.3 Å². The number of pyridine rings is 1. The van der Waals surface area contributed by atoms with E-state index in [1.165, 1.54) is 6.21 Å². The lowest BCUT2D eigenvalue weighted by Crippen LogP contribution is -2.53. The number of aromatic nitrogens is 1. The molecule has 0 saturated carbocycles. The zero-order valence-electron chi connectivity index (χ0n) is 19.0. The molecule has 34 heavy (non-hydrogen) atoms. The normalized spacial score (nSPS) is 16.4. The average Bonchev–Trinajstić information content (AvgIpc) is 2.89. The number of piperidine rings is 1. The second kappa shape index (κ2) is 9.02. The first-order valence-electron chi connectivity index (χ1n) is 11.3.